The molecule has 0 atom stereocenters. The summed E-state index contributed by atoms with van der Waals surface area (Å²) in [5.74, 6) is 0. The number of hydrogen-bond donors (Lipinski definition) is 4. The molecule has 0 bridgehead atoms. The molecule has 2 aromatic rings. The van der Waals surface area contributed by atoms with E-state index in [0.717, 1.165) is 0 Å². The first-order chi connectivity index (χ1) is 12.6. The number of nitrogens with zero attached hydrogens (tertiary/aromatic N) is 2. The van der Waals surface area contributed by atoms with Crippen LogP contribution in [-0.2, 0) is 0 Å². The van der Waals surface area contributed by atoms with Crippen LogP contribution in [0.25, 0.3) is 0 Å². The minimum absolute atomic E-state index is 0.347. The van der Waals surface area contributed by atoms with Gasteiger partial charge in [-0.2, -0.15) is 10.1 Å². The number of hydrogen-bond acceptors (Lipinski definition) is 4. The van der Waals surface area contributed by atoms with Crippen molar-refractivity contribution < 1.29 is 20.0 Å². The van der Waals surface area contributed by atoms with Crippen molar-refractivity contribution in [1.29, 1.82) is 0 Å². The van der Waals surface area contributed by atoms with Crippen molar-refractivity contribution in [3.05, 3.63) is 60.7 Å². The lowest BCUT2D eigenvalue weighted by molar-refractivity contribution is 0.203. The third kappa shape index (κ3) is 5.76. The van der Waals surface area contributed by atoms with E-state index in [0.29, 0.717) is 47.4 Å². The van der Waals surface area contributed by atoms with Gasteiger partial charge in [-0.3, -0.25) is 10.4 Å². The van der Waals surface area contributed by atoms with Gasteiger partial charge in [0.2, 0.25) is 0 Å². The second kappa shape index (κ2) is 10.0. The molecule has 138 valence electrons. The average Bonchev–Trinajstić information content (AvgIpc) is 2.70. The number of urea groups is 2. The number of carbonyl (C=O) groups excluding carboxylic acids is 2. The number of amides is 4. The van der Waals surface area contributed by atoms with Gasteiger partial charge >= 0.3 is 12.1 Å². The lowest BCUT2D eigenvalue weighted by atomic mass is 10.3. The molecule has 0 heterocycles. The molecule has 0 fully saturated rings. The molecule has 0 saturated carbocycles. The Balaban J connectivity index is 1.60. The molecule has 0 spiro atoms. The van der Waals surface area contributed by atoms with Crippen LogP contribution >= 0.6 is 0 Å². The maximum atomic E-state index is 11.8. The van der Waals surface area contributed by atoms with Gasteiger partial charge < -0.3 is 10.6 Å². The summed E-state index contributed by atoms with van der Waals surface area (Å²) in [5.41, 5.74) is 0.752. The van der Waals surface area contributed by atoms with E-state index in [4.69, 9.17) is 0 Å². The number of nitrogens with one attached hydrogen (secondary N) is 2. The molecule has 0 aliphatic heterocycles. The SMILES string of the molecule is O=C(NCCCCNC(=O)N(O)c1ccccc1)N(O)c1ccccc1. The number of carbonyl (C=O) groups is 2. The summed E-state index contributed by atoms with van der Waals surface area (Å²) in [4.78, 5) is 23.6. The van der Waals surface area contributed by atoms with Gasteiger partial charge in [0.25, 0.3) is 0 Å². The van der Waals surface area contributed by atoms with Gasteiger partial charge in [-0.15, -0.1) is 0 Å². The van der Waals surface area contributed by atoms with E-state index in [9.17, 15) is 20.0 Å². The van der Waals surface area contributed by atoms with Crippen molar-refractivity contribution in [3.8, 4) is 0 Å². The molecule has 8 nitrogen and oxygen atoms in total. The minimum atomic E-state index is -0.620. The highest BCUT2D eigenvalue weighted by Crippen LogP contribution is 2.11. The summed E-state index contributed by atoms with van der Waals surface area (Å²) in [6.45, 7) is 0.695. The Morgan fingerprint density at radius 3 is 1.38 bits per heavy atom. The Bertz CT molecular complexity index is 635. The summed E-state index contributed by atoms with van der Waals surface area (Å²) in [5, 5.41) is 25.8. The van der Waals surface area contributed by atoms with Gasteiger partial charge in [0.05, 0.1) is 11.4 Å². The van der Waals surface area contributed by atoms with E-state index in [2.05, 4.69) is 10.6 Å². The molecule has 0 aromatic heterocycles. The predicted molar refractivity (Wildman–Crippen MR) is 97.4 cm³/mol. The number of unbranched alkanes of at least 4 members (excludes halogenated alkanes) is 1. The summed E-state index contributed by atoms with van der Waals surface area (Å²) in [6.07, 6.45) is 1.21. The highest BCUT2D eigenvalue weighted by atomic mass is 16.5. The highest BCUT2D eigenvalue weighted by Gasteiger charge is 2.13. The van der Waals surface area contributed by atoms with E-state index in [1.54, 1.807) is 60.7 Å². The van der Waals surface area contributed by atoms with Crippen LogP contribution in [0.5, 0.6) is 0 Å². The molecule has 0 unspecified atom stereocenters. The summed E-state index contributed by atoms with van der Waals surface area (Å²) < 4.78 is 0. The van der Waals surface area contributed by atoms with Crippen molar-refractivity contribution in [1.82, 2.24) is 10.6 Å². The molecule has 0 aliphatic carbocycles. The molecule has 26 heavy (non-hydrogen) atoms. The van der Waals surface area contributed by atoms with Gasteiger partial charge in [-0.05, 0) is 37.1 Å². The molecule has 4 amide bonds. The topological polar surface area (TPSA) is 105 Å². The number of benzene rings is 2. The lowest BCUT2D eigenvalue weighted by Crippen LogP contribution is -2.39. The van der Waals surface area contributed by atoms with Crippen molar-refractivity contribution in [2.24, 2.45) is 0 Å². The highest BCUT2D eigenvalue weighted by molar-refractivity contribution is 5.89. The summed E-state index contributed by atoms with van der Waals surface area (Å²) in [6, 6.07) is 15.7. The first-order valence-corrected chi connectivity index (χ1v) is 8.23. The van der Waals surface area contributed by atoms with Gasteiger partial charge in [0, 0.05) is 13.1 Å². The third-order valence-corrected chi connectivity index (χ3v) is 3.54. The van der Waals surface area contributed by atoms with Crippen LogP contribution in [0, 0.1) is 0 Å². The Kier molecular flexibility index (Phi) is 7.41. The Morgan fingerprint density at radius 2 is 1.04 bits per heavy atom. The van der Waals surface area contributed by atoms with Crippen LogP contribution in [0.2, 0.25) is 0 Å². The zero-order chi connectivity index (χ0) is 18.8. The maximum absolute atomic E-state index is 11.8. The van der Waals surface area contributed by atoms with Crippen LogP contribution in [0.1, 0.15) is 12.8 Å². The average molecular weight is 358 g/mol. The van der Waals surface area contributed by atoms with E-state index < -0.39 is 12.1 Å². The Labute approximate surface area is 151 Å². The summed E-state index contributed by atoms with van der Waals surface area (Å²) >= 11 is 0. The van der Waals surface area contributed by atoms with Crippen LogP contribution in [0.3, 0.4) is 0 Å². The van der Waals surface area contributed by atoms with Crippen molar-refractivity contribution >= 4 is 23.4 Å². The number of para-hydroxylation sites is 2. The fourth-order valence-corrected chi connectivity index (χ4v) is 2.16. The van der Waals surface area contributed by atoms with E-state index in [-0.39, 0.29) is 0 Å². The van der Waals surface area contributed by atoms with Crippen molar-refractivity contribution in [2.75, 3.05) is 23.2 Å². The third-order valence-electron chi connectivity index (χ3n) is 3.54. The van der Waals surface area contributed by atoms with Gasteiger partial charge in [0.15, 0.2) is 0 Å². The monoisotopic (exact) mass is 358 g/mol. The van der Waals surface area contributed by atoms with Gasteiger partial charge in [-0.25, -0.2) is 9.59 Å². The van der Waals surface area contributed by atoms with E-state index in [1.165, 1.54) is 0 Å². The molecule has 8 heteroatoms. The standard InChI is InChI=1S/C18H22N4O4/c23-17(21(25)15-9-3-1-4-10-15)19-13-7-8-14-20-18(24)22(26)16-11-5-2-6-12-16/h1-6,9-12,25-26H,7-8,13-14H2,(H,19,23)(H,20,24). The first-order valence-electron chi connectivity index (χ1n) is 8.23. The van der Waals surface area contributed by atoms with E-state index >= 15 is 0 Å². The maximum Gasteiger partial charge on any atom is 0.345 e. The Hall–Kier alpha value is -3.10. The largest absolute Gasteiger partial charge is 0.345 e. The quantitative estimate of drug-likeness (QED) is 0.347. The normalized spacial score (nSPS) is 10.1. The second-order valence-electron chi connectivity index (χ2n) is 5.47. The molecule has 0 radical (unpaired) electrons. The molecule has 0 aliphatic rings. The molecule has 2 aromatic carbocycles. The zero-order valence-electron chi connectivity index (χ0n) is 14.2. The molecule has 4 N–H and O–H groups in total. The van der Waals surface area contributed by atoms with Crippen molar-refractivity contribution in [3.63, 3.8) is 0 Å². The summed E-state index contributed by atoms with van der Waals surface area (Å²) in [7, 11) is 0. The molecule has 2 rings (SSSR count). The number of rotatable bonds is 7. The van der Waals surface area contributed by atoms with Crippen LogP contribution in [0.15, 0.2) is 60.7 Å². The Morgan fingerprint density at radius 1 is 0.692 bits per heavy atom. The first kappa shape index (κ1) is 19.2. The molecular formula is C18H22N4O4. The van der Waals surface area contributed by atoms with Crippen LogP contribution in [-0.4, -0.2) is 35.6 Å². The molecular weight excluding hydrogens is 336 g/mol. The van der Waals surface area contributed by atoms with Crippen LogP contribution < -0.4 is 20.8 Å². The van der Waals surface area contributed by atoms with Crippen molar-refractivity contribution in [2.45, 2.75) is 12.8 Å². The van der Waals surface area contributed by atoms with Gasteiger partial charge in [-0.1, -0.05) is 36.4 Å². The van der Waals surface area contributed by atoms with Crippen LogP contribution in [0.4, 0.5) is 21.0 Å². The molecule has 0 saturated heterocycles. The number of hydroxylamine groups is 2. The minimum Gasteiger partial charge on any atom is -0.336 e. The van der Waals surface area contributed by atoms with E-state index in [1.807, 2.05) is 0 Å². The lowest BCUT2D eigenvalue weighted by Gasteiger charge is -2.16. The van der Waals surface area contributed by atoms with Gasteiger partial charge in [0.1, 0.15) is 0 Å². The predicted octanol–water partition coefficient (Wildman–Crippen LogP) is 2.98. The number of anilines is 2. The second-order valence-corrected chi connectivity index (χ2v) is 5.47. The fraction of sp³-hybridized carbons (Fsp3) is 0.222. The fourth-order valence-electron chi connectivity index (χ4n) is 2.16. The zero-order valence-corrected chi connectivity index (χ0v) is 14.2. The smallest absolute Gasteiger partial charge is 0.336 e.